The number of nitrogens with zero attached hydrogens (tertiary/aromatic N) is 3. The number of carbonyl (C=O) groups is 1. The number of halogens is 4. The van der Waals surface area contributed by atoms with Gasteiger partial charge in [-0.05, 0) is 48.7 Å². The summed E-state index contributed by atoms with van der Waals surface area (Å²) in [5, 5.41) is 0.456. The van der Waals surface area contributed by atoms with Crippen molar-refractivity contribution in [3.8, 4) is 0 Å². The highest BCUT2D eigenvalue weighted by molar-refractivity contribution is 6.74. The molecule has 218 valence electrons. The van der Waals surface area contributed by atoms with Gasteiger partial charge in [0.1, 0.15) is 6.61 Å². The average Bonchev–Trinajstić information content (AvgIpc) is 3.23. The predicted molar refractivity (Wildman–Crippen MR) is 158 cm³/mol. The van der Waals surface area contributed by atoms with E-state index in [0.717, 1.165) is 5.56 Å². The first-order valence-corrected chi connectivity index (χ1v) is 17.2. The molecule has 11 heteroatoms. The van der Waals surface area contributed by atoms with Crippen molar-refractivity contribution >= 4 is 48.6 Å². The summed E-state index contributed by atoms with van der Waals surface area (Å²) in [4.78, 5) is 19.0. The van der Waals surface area contributed by atoms with E-state index < -0.39 is 45.4 Å². The number of carbonyl (C=O) groups excluding carboxylic acids is 1. The number of ether oxygens (including phenoxy) is 1. The molecular weight excluding hydrogens is 575 g/mol. The Labute approximate surface area is 245 Å². The van der Waals surface area contributed by atoms with Crippen LogP contribution >= 0.6 is 23.2 Å². The normalized spacial score (nSPS) is 18.8. The maximum atomic E-state index is 15.9. The van der Waals surface area contributed by atoms with Gasteiger partial charge in [-0.1, -0.05) is 74.3 Å². The molecule has 0 saturated carbocycles. The Hall–Kier alpha value is -2.20. The first kappa shape index (κ1) is 30.7. The van der Waals surface area contributed by atoms with Gasteiger partial charge < -0.3 is 18.6 Å². The van der Waals surface area contributed by atoms with Crippen LogP contribution in [-0.4, -0.2) is 53.5 Å². The van der Waals surface area contributed by atoms with Crippen LogP contribution in [-0.2, 0) is 22.3 Å². The van der Waals surface area contributed by atoms with E-state index in [1.807, 2.05) is 30.3 Å². The molecule has 1 aliphatic rings. The SMILES string of the molecule is CC(C)(C)[Si](C)(C)O[C@H]1CCCN(C(=O)OCc2ccccc2)[C@@H]1CC(F)(F)Cn1cnc2cc(Cl)c(Cl)cc21. The number of likely N-dealkylation sites (tertiary alicyclic amines) is 1. The van der Waals surface area contributed by atoms with E-state index in [-0.39, 0.29) is 16.7 Å². The molecule has 1 amide bonds. The molecule has 0 N–H and O–H groups in total. The van der Waals surface area contributed by atoms with E-state index in [0.29, 0.717) is 35.4 Å². The van der Waals surface area contributed by atoms with Gasteiger partial charge in [-0.25, -0.2) is 18.6 Å². The van der Waals surface area contributed by atoms with Gasteiger partial charge in [0.2, 0.25) is 0 Å². The van der Waals surface area contributed by atoms with Crippen LogP contribution in [0.4, 0.5) is 13.6 Å². The fourth-order valence-corrected chi connectivity index (χ4v) is 6.49. The molecule has 1 saturated heterocycles. The smallest absolute Gasteiger partial charge is 0.410 e. The number of benzene rings is 2. The molecule has 0 unspecified atom stereocenters. The number of aromatic nitrogens is 2. The fraction of sp³-hybridized carbons (Fsp3) is 0.517. The number of amides is 1. The van der Waals surface area contributed by atoms with E-state index in [4.69, 9.17) is 32.4 Å². The Morgan fingerprint density at radius 2 is 1.80 bits per heavy atom. The third kappa shape index (κ3) is 7.16. The van der Waals surface area contributed by atoms with E-state index in [2.05, 4.69) is 38.8 Å². The molecule has 4 rings (SSSR count). The summed E-state index contributed by atoms with van der Waals surface area (Å²) in [6, 6.07) is 11.6. The molecule has 0 bridgehead atoms. The van der Waals surface area contributed by atoms with Crippen LogP contribution in [0.2, 0.25) is 28.2 Å². The number of piperidine rings is 1. The lowest BCUT2D eigenvalue weighted by atomic mass is 9.94. The average molecular weight is 613 g/mol. The number of hydrogen-bond donors (Lipinski definition) is 0. The molecule has 0 radical (unpaired) electrons. The number of fused-ring (bicyclic) bond motifs is 1. The Bertz CT molecular complexity index is 1330. The van der Waals surface area contributed by atoms with Crippen LogP contribution in [0, 0.1) is 0 Å². The standard InChI is InChI=1S/C29H37Cl2F2N3O3Si/c1-28(2,3)40(4,5)39-26-12-9-13-36(27(37)38-17-20-10-7-6-8-11-20)25(26)16-29(32,33)18-35-19-34-23-14-21(30)22(31)15-24(23)35/h6-8,10-11,14-15,19,25-26H,9,12-13,16-18H2,1-5H3/t25-,26+/m1/s1. The quantitative estimate of drug-likeness (QED) is 0.239. The molecule has 2 atom stereocenters. The maximum Gasteiger partial charge on any atom is 0.410 e. The zero-order valence-electron chi connectivity index (χ0n) is 23.6. The molecule has 0 spiro atoms. The van der Waals surface area contributed by atoms with Crippen molar-refractivity contribution in [2.75, 3.05) is 6.54 Å². The van der Waals surface area contributed by atoms with Crippen molar-refractivity contribution in [1.82, 2.24) is 14.5 Å². The highest BCUT2D eigenvalue weighted by Gasteiger charge is 2.47. The molecule has 1 aromatic heterocycles. The molecule has 2 heterocycles. The van der Waals surface area contributed by atoms with Crippen molar-refractivity contribution in [2.45, 2.75) is 89.4 Å². The number of alkyl halides is 2. The van der Waals surface area contributed by atoms with Gasteiger partial charge >= 0.3 is 6.09 Å². The van der Waals surface area contributed by atoms with Gasteiger partial charge in [0.05, 0.1) is 46.1 Å². The minimum atomic E-state index is -3.19. The second-order valence-corrected chi connectivity index (χ2v) is 17.6. The third-order valence-electron chi connectivity index (χ3n) is 7.98. The Balaban J connectivity index is 1.59. The van der Waals surface area contributed by atoms with Crippen molar-refractivity contribution in [1.29, 1.82) is 0 Å². The zero-order valence-corrected chi connectivity index (χ0v) is 26.1. The predicted octanol–water partition coefficient (Wildman–Crippen LogP) is 8.56. The Morgan fingerprint density at radius 1 is 1.12 bits per heavy atom. The van der Waals surface area contributed by atoms with E-state index in [1.54, 1.807) is 12.1 Å². The van der Waals surface area contributed by atoms with Gasteiger partial charge in [0.15, 0.2) is 8.32 Å². The van der Waals surface area contributed by atoms with E-state index >= 15 is 8.78 Å². The van der Waals surface area contributed by atoms with Gasteiger partial charge in [-0.15, -0.1) is 0 Å². The van der Waals surface area contributed by atoms with Crippen molar-refractivity contribution in [3.63, 3.8) is 0 Å². The lowest BCUT2D eigenvalue weighted by Crippen LogP contribution is -2.57. The monoisotopic (exact) mass is 611 g/mol. The van der Waals surface area contributed by atoms with Gasteiger partial charge in [0, 0.05) is 13.0 Å². The maximum absolute atomic E-state index is 15.9. The zero-order chi connectivity index (χ0) is 29.3. The number of rotatable bonds is 8. The summed E-state index contributed by atoms with van der Waals surface area (Å²) in [6.45, 7) is 10.3. The summed E-state index contributed by atoms with van der Waals surface area (Å²) in [5.41, 5.74) is 1.77. The van der Waals surface area contributed by atoms with Crippen molar-refractivity contribution in [2.24, 2.45) is 0 Å². The van der Waals surface area contributed by atoms with Crippen LogP contribution in [0.5, 0.6) is 0 Å². The largest absolute Gasteiger partial charge is 0.445 e. The van der Waals surface area contributed by atoms with E-state index in [9.17, 15) is 4.79 Å². The molecule has 40 heavy (non-hydrogen) atoms. The lowest BCUT2D eigenvalue weighted by Gasteiger charge is -2.47. The summed E-state index contributed by atoms with van der Waals surface area (Å²) in [6.07, 6.45) is 0.890. The molecule has 1 fully saturated rings. The van der Waals surface area contributed by atoms with Crippen LogP contribution in [0.1, 0.15) is 45.6 Å². The Morgan fingerprint density at radius 3 is 2.48 bits per heavy atom. The van der Waals surface area contributed by atoms with E-state index in [1.165, 1.54) is 15.8 Å². The molecule has 0 aliphatic carbocycles. The van der Waals surface area contributed by atoms with Crippen LogP contribution in [0.25, 0.3) is 11.0 Å². The summed E-state index contributed by atoms with van der Waals surface area (Å²) in [7, 11) is -2.32. The number of imidazole rings is 1. The second kappa shape index (κ2) is 12.0. The fourth-order valence-electron chi connectivity index (χ4n) is 4.78. The summed E-state index contributed by atoms with van der Waals surface area (Å²) in [5.74, 6) is -3.19. The van der Waals surface area contributed by atoms with Gasteiger partial charge in [0.25, 0.3) is 5.92 Å². The third-order valence-corrected chi connectivity index (χ3v) is 13.2. The minimum absolute atomic E-state index is 0.0669. The van der Waals surface area contributed by atoms with Crippen LogP contribution in [0.15, 0.2) is 48.8 Å². The highest BCUT2D eigenvalue weighted by Crippen LogP contribution is 2.41. The molecular formula is C29H37Cl2F2N3O3Si. The van der Waals surface area contributed by atoms with Gasteiger partial charge in [-0.3, -0.25) is 0 Å². The number of hydrogen-bond acceptors (Lipinski definition) is 4. The van der Waals surface area contributed by atoms with Crippen molar-refractivity contribution < 1.29 is 22.7 Å². The highest BCUT2D eigenvalue weighted by atomic mass is 35.5. The van der Waals surface area contributed by atoms with Crippen LogP contribution in [0.3, 0.4) is 0 Å². The molecule has 3 aromatic rings. The minimum Gasteiger partial charge on any atom is -0.445 e. The lowest BCUT2D eigenvalue weighted by molar-refractivity contribution is -0.0750. The Kier molecular flexibility index (Phi) is 9.19. The summed E-state index contributed by atoms with van der Waals surface area (Å²) >= 11 is 12.2. The summed E-state index contributed by atoms with van der Waals surface area (Å²) < 4.78 is 45.4. The topological polar surface area (TPSA) is 56.6 Å². The van der Waals surface area contributed by atoms with Crippen molar-refractivity contribution in [3.05, 3.63) is 64.4 Å². The molecule has 1 aliphatic heterocycles. The van der Waals surface area contributed by atoms with Crippen LogP contribution < -0.4 is 0 Å². The van der Waals surface area contributed by atoms with Gasteiger partial charge in [-0.2, -0.15) is 0 Å². The first-order valence-electron chi connectivity index (χ1n) is 13.5. The second-order valence-electron chi connectivity index (χ2n) is 12.0. The molecule has 2 aromatic carbocycles. The molecule has 6 nitrogen and oxygen atoms in total. The first-order chi connectivity index (χ1) is 18.7.